The van der Waals surface area contributed by atoms with Crippen molar-refractivity contribution < 1.29 is 18.7 Å². The summed E-state index contributed by atoms with van der Waals surface area (Å²) in [5.41, 5.74) is 4.29. The Labute approximate surface area is 232 Å². The van der Waals surface area contributed by atoms with E-state index in [1.54, 1.807) is 7.11 Å². The van der Waals surface area contributed by atoms with Gasteiger partial charge in [-0.1, -0.05) is 38.1 Å². The Balaban J connectivity index is 1.32. The van der Waals surface area contributed by atoms with Gasteiger partial charge in [0.05, 0.1) is 32.4 Å². The number of hydrogen-bond acceptors (Lipinski definition) is 6. The maximum Gasteiger partial charge on any atom is 0.241 e. The quantitative estimate of drug-likeness (QED) is 0.558. The van der Waals surface area contributed by atoms with Crippen molar-refractivity contribution in [3.63, 3.8) is 0 Å². The average Bonchev–Trinajstić information content (AvgIpc) is 3.18. The van der Waals surface area contributed by atoms with Gasteiger partial charge in [-0.2, -0.15) is 0 Å². The van der Waals surface area contributed by atoms with E-state index in [0.29, 0.717) is 38.8 Å². The number of anilines is 1. The van der Waals surface area contributed by atoms with Crippen LogP contribution in [0.15, 0.2) is 42.5 Å². The van der Waals surface area contributed by atoms with E-state index in [1.165, 1.54) is 17.7 Å². The second-order valence-electron chi connectivity index (χ2n) is 12.1. The summed E-state index contributed by atoms with van der Waals surface area (Å²) in [6.45, 7) is 13.2. The van der Waals surface area contributed by atoms with Crippen molar-refractivity contribution in [1.29, 1.82) is 0 Å². The van der Waals surface area contributed by atoms with Gasteiger partial charge >= 0.3 is 0 Å². The Morgan fingerprint density at radius 2 is 1.90 bits per heavy atom. The van der Waals surface area contributed by atoms with Gasteiger partial charge in [0.25, 0.3) is 0 Å². The summed E-state index contributed by atoms with van der Waals surface area (Å²) in [5.74, 6) is -0.0788. The minimum Gasteiger partial charge on any atom is -0.383 e. The molecule has 212 valence electrons. The molecule has 3 aliphatic rings. The largest absolute Gasteiger partial charge is 0.383 e. The van der Waals surface area contributed by atoms with Crippen molar-refractivity contribution in [2.45, 2.75) is 50.7 Å². The molecule has 5 rings (SSSR count). The maximum absolute atomic E-state index is 14.0. The molecule has 39 heavy (non-hydrogen) atoms. The van der Waals surface area contributed by atoms with Crippen molar-refractivity contribution in [2.24, 2.45) is 0 Å². The second kappa shape index (κ2) is 12.0. The number of nitrogens with one attached hydrogen (secondary N) is 1. The van der Waals surface area contributed by atoms with Crippen LogP contribution in [0.1, 0.15) is 37.5 Å². The number of rotatable bonds is 8. The Kier molecular flexibility index (Phi) is 8.69. The molecule has 3 atom stereocenters. The number of piperazine rings is 1. The van der Waals surface area contributed by atoms with Crippen molar-refractivity contribution in [2.75, 3.05) is 71.1 Å². The number of ether oxygens (including phenoxy) is 2. The fourth-order valence-corrected chi connectivity index (χ4v) is 6.32. The van der Waals surface area contributed by atoms with Crippen LogP contribution < -0.4 is 10.2 Å². The van der Waals surface area contributed by atoms with Crippen LogP contribution in [0.4, 0.5) is 10.1 Å². The third-order valence-corrected chi connectivity index (χ3v) is 8.48. The average molecular weight is 539 g/mol. The molecule has 3 heterocycles. The van der Waals surface area contributed by atoms with Gasteiger partial charge in [-0.05, 0) is 48.2 Å². The van der Waals surface area contributed by atoms with E-state index >= 15 is 0 Å². The van der Waals surface area contributed by atoms with Crippen LogP contribution in [0.2, 0.25) is 0 Å². The Morgan fingerprint density at radius 3 is 2.67 bits per heavy atom. The van der Waals surface area contributed by atoms with Gasteiger partial charge in [0.2, 0.25) is 5.91 Å². The van der Waals surface area contributed by atoms with Crippen LogP contribution in [0.5, 0.6) is 0 Å². The van der Waals surface area contributed by atoms with Gasteiger partial charge in [0.1, 0.15) is 5.82 Å². The molecule has 0 spiro atoms. The first-order valence-electron chi connectivity index (χ1n) is 14.2. The molecule has 8 heteroatoms. The second-order valence-corrected chi connectivity index (χ2v) is 12.1. The lowest BCUT2D eigenvalue weighted by Crippen LogP contribution is -2.62. The molecule has 0 aromatic heterocycles. The van der Waals surface area contributed by atoms with Crippen molar-refractivity contribution in [1.82, 2.24) is 15.1 Å². The summed E-state index contributed by atoms with van der Waals surface area (Å²) in [6.07, 6.45) is 0.704. The number of amides is 1. The van der Waals surface area contributed by atoms with E-state index in [-0.39, 0.29) is 29.2 Å². The molecular formula is C31H43FN4O3. The number of benzene rings is 2. The maximum atomic E-state index is 14.0. The van der Waals surface area contributed by atoms with Crippen LogP contribution in [0.25, 0.3) is 0 Å². The molecule has 0 radical (unpaired) electrons. The van der Waals surface area contributed by atoms with Crippen LogP contribution in [-0.2, 0) is 26.1 Å². The first kappa shape index (κ1) is 28.2. The van der Waals surface area contributed by atoms with E-state index in [0.717, 1.165) is 49.6 Å². The number of fused-ring (bicyclic) bond motifs is 1. The molecule has 0 aliphatic carbocycles. The van der Waals surface area contributed by atoms with Crippen LogP contribution >= 0.6 is 0 Å². The predicted molar refractivity (Wildman–Crippen MR) is 152 cm³/mol. The molecule has 1 amide bonds. The summed E-state index contributed by atoms with van der Waals surface area (Å²) in [5, 5.41) is 3.62. The molecule has 0 saturated carbocycles. The molecule has 0 bridgehead atoms. The number of nitrogens with zero attached hydrogens (tertiary/aromatic N) is 3. The highest BCUT2D eigenvalue weighted by Gasteiger charge is 2.40. The van der Waals surface area contributed by atoms with Gasteiger partial charge in [0.15, 0.2) is 0 Å². The lowest BCUT2D eigenvalue weighted by molar-refractivity contribution is -0.121. The zero-order chi connectivity index (χ0) is 27.6. The molecule has 3 aliphatic heterocycles. The highest BCUT2D eigenvalue weighted by atomic mass is 19.1. The molecule has 0 unspecified atom stereocenters. The van der Waals surface area contributed by atoms with Crippen molar-refractivity contribution >= 4 is 11.6 Å². The summed E-state index contributed by atoms with van der Waals surface area (Å²) in [6, 6.07) is 13.9. The van der Waals surface area contributed by atoms with Crippen molar-refractivity contribution in [3.8, 4) is 0 Å². The molecule has 7 nitrogen and oxygen atoms in total. The van der Waals surface area contributed by atoms with Gasteiger partial charge < -0.3 is 19.7 Å². The Bertz CT molecular complexity index is 1140. The summed E-state index contributed by atoms with van der Waals surface area (Å²) < 4.78 is 24.6. The molecule has 1 N–H and O–H groups in total. The van der Waals surface area contributed by atoms with Crippen LogP contribution in [0, 0.1) is 5.82 Å². The Hall–Kier alpha value is -2.36. The standard InChI is InChI=1S/C31H43FN4O3/c1-22-16-35(26(15-33-22)17-34-11-12-39-20-27(34)19-38-4)18-30(37)36-21-31(2,3)28-10-7-24(14-29(28)36)13-23-5-8-25(32)9-6-23/h5-10,14,22,26-27,33H,11-13,15-21H2,1-4H3/t22-,26-,27-/m1/s1. The lowest BCUT2D eigenvalue weighted by atomic mass is 9.86. The predicted octanol–water partition coefficient (Wildman–Crippen LogP) is 3.05. The first-order valence-corrected chi connectivity index (χ1v) is 14.2. The topological polar surface area (TPSA) is 57.3 Å². The first-order chi connectivity index (χ1) is 18.7. The zero-order valence-corrected chi connectivity index (χ0v) is 23.8. The highest BCUT2D eigenvalue weighted by molar-refractivity contribution is 5.97. The normalized spacial score (nSPS) is 25.6. The SMILES string of the molecule is COC[C@@H]1COCCN1C[C@H]1CN[C@H](C)CN1CC(=O)N1CC(C)(C)c2ccc(Cc3ccc(F)cc3)cc21. The van der Waals surface area contributed by atoms with Crippen LogP contribution in [-0.4, -0.2) is 100 Å². The fraction of sp³-hybridized carbons (Fsp3) is 0.581. The van der Waals surface area contributed by atoms with E-state index in [2.05, 4.69) is 54.1 Å². The smallest absolute Gasteiger partial charge is 0.241 e. The number of halogens is 1. The fourth-order valence-electron chi connectivity index (χ4n) is 6.32. The number of carbonyl (C=O) groups is 1. The van der Waals surface area contributed by atoms with E-state index < -0.39 is 0 Å². The minimum absolute atomic E-state index is 0.114. The minimum atomic E-state index is -0.227. The molecule has 2 fully saturated rings. The number of morpholine rings is 1. The third-order valence-electron chi connectivity index (χ3n) is 8.48. The van der Waals surface area contributed by atoms with Crippen molar-refractivity contribution in [3.05, 3.63) is 65.0 Å². The third kappa shape index (κ3) is 6.52. The van der Waals surface area contributed by atoms with Gasteiger partial charge in [-0.25, -0.2) is 4.39 Å². The van der Waals surface area contributed by atoms with Gasteiger partial charge in [-0.3, -0.25) is 14.6 Å². The number of methoxy groups -OCH3 is 1. The highest BCUT2D eigenvalue weighted by Crippen LogP contribution is 2.41. The molecule has 2 aromatic carbocycles. The molecular weight excluding hydrogens is 495 g/mol. The monoisotopic (exact) mass is 538 g/mol. The van der Waals surface area contributed by atoms with E-state index in [9.17, 15) is 9.18 Å². The van der Waals surface area contributed by atoms with Gasteiger partial charge in [0, 0.05) is 63.0 Å². The van der Waals surface area contributed by atoms with E-state index in [1.807, 2.05) is 17.0 Å². The Morgan fingerprint density at radius 1 is 1.13 bits per heavy atom. The van der Waals surface area contributed by atoms with Crippen LogP contribution in [0.3, 0.4) is 0 Å². The lowest BCUT2D eigenvalue weighted by Gasteiger charge is -2.44. The summed E-state index contributed by atoms with van der Waals surface area (Å²) in [7, 11) is 1.74. The number of carbonyl (C=O) groups excluding carboxylic acids is 1. The number of hydrogen-bond donors (Lipinski definition) is 1. The molecule has 2 saturated heterocycles. The zero-order valence-electron chi connectivity index (χ0n) is 23.8. The molecule has 2 aromatic rings. The summed E-state index contributed by atoms with van der Waals surface area (Å²) >= 11 is 0. The van der Waals surface area contributed by atoms with E-state index in [4.69, 9.17) is 9.47 Å². The van der Waals surface area contributed by atoms with Gasteiger partial charge in [-0.15, -0.1) is 0 Å². The summed E-state index contributed by atoms with van der Waals surface area (Å²) in [4.78, 5) is 20.8.